The highest BCUT2D eigenvalue weighted by Gasteiger charge is 2.17. The molecule has 0 aliphatic carbocycles. The van der Waals surface area contributed by atoms with Gasteiger partial charge in [-0.2, -0.15) is 5.10 Å². The quantitative estimate of drug-likeness (QED) is 0.733. The van der Waals surface area contributed by atoms with Crippen LogP contribution in [0, 0.1) is 0 Å². The first-order chi connectivity index (χ1) is 11.2. The van der Waals surface area contributed by atoms with Gasteiger partial charge in [-0.05, 0) is 18.1 Å². The topological polar surface area (TPSA) is 64.2 Å². The first-order valence-electron chi connectivity index (χ1n) is 7.49. The van der Waals surface area contributed by atoms with Crippen molar-refractivity contribution in [2.45, 2.75) is 20.0 Å². The first kappa shape index (κ1) is 15.1. The minimum Gasteiger partial charge on any atom is -0.488 e. The van der Waals surface area contributed by atoms with Gasteiger partial charge < -0.3 is 9.47 Å². The maximum absolute atomic E-state index is 12.1. The fraction of sp³-hybridized carbons (Fsp3) is 0.222. The summed E-state index contributed by atoms with van der Waals surface area (Å²) in [6, 6.07) is 13.4. The van der Waals surface area contributed by atoms with Crippen LogP contribution in [0.4, 0.5) is 0 Å². The summed E-state index contributed by atoms with van der Waals surface area (Å²) in [7, 11) is 1.36. The van der Waals surface area contributed by atoms with E-state index in [4.69, 9.17) is 9.47 Å². The van der Waals surface area contributed by atoms with Crippen LogP contribution in [0.25, 0.3) is 10.9 Å². The molecule has 0 saturated carbocycles. The molecule has 0 unspecified atom stereocenters. The van der Waals surface area contributed by atoms with Crippen molar-refractivity contribution in [3.63, 3.8) is 0 Å². The molecular weight excluding hydrogens is 292 g/mol. The van der Waals surface area contributed by atoms with Crippen LogP contribution in [-0.2, 0) is 17.8 Å². The lowest BCUT2D eigenvalue weighted by Crippen LogP contribution is -2.06. The van der Waals surface area contributed by atoms with E-state index in [1.165, 1.54) is 7.11 Å². The molecule has 0 radical (unpaired) electrons. The number of aromatic nitrogens is 2. The monoisotopic (exact) mass is 310 g/mol. The van der Waals surface area contributed by atoms with Crippen molar-refractivity contribution in [1.82, 2.24) is 10.2 Å². The molecular formula is C18H18N2O3. The second-order valence-corrected chi connectivity index (χ2v) is 5.19. The molecule has 0 saturated heterocycles. The third kappa shape index (κ3) is 3.04. The highest BCUT2D eigenvalue weighted by atomic mass is 16.5. The molecule has 2 aromatic carbocycles. The highest BCUT2D eigenvalue weighted by molar-refractivity contribution is 5.98. The SMILES string of the molecule is CCc1[nH]nc2cc(OCc3ccccc3)c(C(=O)OC)cc12. The number of nitrogens with zero attached hydrogens (tertiary/aromatic N) is 1. The predicted octanol–water partition coefficient (Wildman–Crippen LogP) is 3.49. The van der Waals surface area contributed by atoms with Crippen LogP contribution in [0.1, 0.15) is 28.5 Å². The molecule has 1 aromatic heterocycles. The van der Waals surface area contributed by atoms with Gasteiger partial charge in [-0.3, -0.25) is 5.10 Å². The smallest absolute Gasteiger partial charge is 0.341 e. The van der Waals surface area contributed by atoms with Crippen LogP contribution < -0.4 is 4.74 Å². The Morgan fingerprint density at radius 1 is 1.22 bits per heavy atom. The van der Waals surface area contributed by atoms with Gasteiger partial charge in [0.1, 0.15) is 17.9 Å². The van der Waals surface area contributed by atoms with E-state index in [2.05, 4.69) is 10.2 Å². The van der Waals surface area contributed by atoms with Crippen molar-refractivity contribution in [3.8, 4) is 5.75 Å². The maximum Gasteiger partial charge on any atom is 0.341 e. The van der Waals surface area contributed by atoms with Gasteiger partial charge in [-0.1, -0.05) is 37.3 Å². The Hall–Kier alpha value is -2.82. The average Bonchev–Trinajstić information content (AvgIpc) is 3.01. The van der Waals surface area contributed by atoms with Gasteiger partial charge in [0.15, 0.2) is 0 Å². The third-order valence-corrected chi connectivity index (χ3v) is 3.73. The summed E-state index contributed by atoms with van der Waals surface area (Å²) in [4.78, 5) is 12.1. The molecule has 0 aliphatic heterocycles. The number of fused-ring (bicyclic) bond motifs is 1. The van der Waals surface area contributed by atoms with E-state index in [1.54, 1.807) is 12.1 Å². The van der Waals surface area contributed by atoms with Crippen molar-refractivity contribution in [1.29, 1.82) is 0 Å². The van der Waals surface area contributed by atoms with E-state index < -0.39 is 5.97 Å². The van der Waals surface area contributed by atoms with Crippen molar-refractivity contribution in [2.75, 3.05) is 7.11 Å². The Morgan fingerprint density at radius 2 is 2.00 bits per heavy atom. The summed E-state index contributed by atoms with van der Waals surface area (Å²) in [5, 5.41) is 8.18. The normalized spacial score (nSPS) is 10.7. The zero-order valence-corrected chi connectivity index (χ0v) is 13.1. The predicted molar refractivity (Wildman–Crippen MR) is 87.6 cm³/mol. The van der Waals surface area contributed by atoms with Gasteiger partial charge in [-0.25, -0.2) is 4.79 Å². The number of benzene rings is 2. The van der Waals surface area contributed by atoms with Gasteiger partial charge in [0.25, 0.3) is 0 Å². The maximum atomic E-state index is 12.1. The number of H-pyrrole nitrogens is 1. The number of hydrogen-bond donors (Lipinski definition) is 1. The standard InChI is InChI=1S/C18H18N2O3/c1-3-15-13-9-14(18(21)22-2)17(10-16(13)20-19-15)23-11-12-7-5-4-6-8-12/h4-10H,3,11H2,1-2H3,(H,19,20). The zero-order chi connectivity index (χ0) is 16.2. The van der Waals surface area contributed by atoms with Crippen LogP contribution in [0.5, 0.6) is 5.75 Å². The fourth-order valence-electron chi connectivity index (χ4n) is 2.48. The van der Waals surface area contributed by atoms with Crippen molar-refractivity contribution < 1.29 is 14.3 Å². The van der Waals surface area contributed by atoms with E-state index in [1.807, 2.05) is 37.3 Å². The van der Waals surface area contributed by atoms with Gasteiger partial charge in [0, 0.05) is 17.1 Å². The second kappa shape index (κ2) is 6.52. The molecule has 118 valence electrons. The number of hydrogen-bond acceptors (Lipinski definition) is 4. The average molecular weight is 310 g/mol. The lowest BCUT2D eigenvalue weighted by atomic mass is 10.1. The Morgan fingerprint density at radius 3 is 2.70 bits per heavy atom. The highest BCUT2D eigenvalue weighted by Crippen LogP contribution is 2.28. The molecule has 5 heteroatoms. The van der Waals surface area contributed by atoms with E-state index in [0.717, 1.165) is 28.6 Å². The van der Waals surface area contributed by atoms with Crippen LogP contribution in [0.3, 0.4) is 0 Å². The zero-order valence-electron chi connectivity index (χ0n) is 13.1. The minimum atomic E-state index is -0.418. The number of carbonyl (C=O) groups is 1. The van der Waals surface area contributed by atoms with E-state index in [0.29, 0.717) is 17.9 Å². The molecule has 0 fully saturated rings. The van der Waals surface area contributed by atoms with Crippen LogP contribution in [-0.4, -0.2) is 23.3 Å². The first-order valence-corrected chi connectivity index (χ1v) is 7.49. The number of aromatic amines is 1. The summed E-state index contributed by atoms with van der Waals surface area (Å²) in [6.45, 7) is 2.41. The van der Waals surface area contributed by atoms with E-state index >= 15 is 0 Å². The summed E-state index contributed by atoms with van der Waals surface area (Å²) >= 11 is 0. The minimum absolute atomic E-state index is 0.376. The Labute approximate surface area is 134 Å². The van der Waals surface area contributed by atoms with Crippen LogP contribution in [0.15, 0.2) is 42.5 Å². The van der Waals surface area contributed by atoms with Crippen molar-refractivity contribution >= 4 is 16.9 Å². The molecule has 5 nitrogen and oxygen atoms in total. The lowest BCUT2D eigenvalue weighted by Gasteiger charge is -2.11. The number of esters is 1. The molecule has 0 amide bonds. The summed E-state index contributed by atoms with van der Waals surface area (Å²) in [5.41, 5.74) is 3.20. The van der Waals surface area contributed by atoms with Crippen LogP contribution >= 0.6 is 0 Å². The van der Waals surface area contributed by atoms with Gasteiger partial charge in [-0.15, -0.1) is 0 Å². The van der Waals surface area contributed by atoms with Gasteiger partial charge in [0.05, 0.1) is 12.6 Å². The number of methoxy groups -OCH3 is 1. The number of aryl methyl sites for hydroxylation is 1. The Bertz CT molecular complexity index is 825. The summed E-state index contributed by atoms with van der Waals surface area (Å²) in [6.07, 6.45) is 0.807. The van der Waals surface area contributed by atoms with E-state index in [9.17, 15) is 4.79 Å². The van der Waals surface area contributed by atoms with Crippen molar-refractivity contribution in [3.05, 3.63) is 59.3 Å². The van der Waals surface area contributed by atoms with E-state index in [-0.39, 0.29) is 0 Å². The van der Waals surface area contributed by atoms with Crippen LogP contribution in [0.2, 0.25) is 0 Å². The Balaban J connectivity index is 1.98. The molecule has 0 bridgehead atoms. The lowest BCUT2D eigenvalue weighted by molar-refractivity contribution is 0.0596. The molecule has 3 aromatic rings. The summed E-state index contributed by atoms with van der Waals surface area (Å²) in [5.74, 6) is 0.0561. The summed E-state index contributed by atoms with van der Waals surface area (Å²) < 4.78 is 10.7. The van der Waals surface area contributed by atoms with Gasteiger partial charge in [0.2, 0.25) is 0 Å². The molecule has 23 heavy (non-hydrogen) atoms. The molecule has 0 atom stereocenters. The number of nitrogens with one attached hydrogen (secondary N) is 1. The largest absolute Gasteiger partial charge is 0.488 e. The van der Waals surface area contributed by atoms with Gasteiger partial charge >= 0.3 is 5.97 Å². The molecule has 0 aliphatic rings. The second-order valence-electron chi connectivity index (χ2n) is 5.19. The number of rotatable bonds is 5. The molecule has 3 rings (SSSR count). The third-order valence-electron chi connectivity index (χ3n) is 3.73. The number of ether oxygens (including phenoxy) is 2. The fourth-order valence-corrected chi connectivity index (χ4v) is 2.48. The molecule has 0 spiro atoms. The number of carbonyl (C=O) groups excluding carboxylic acids is 1. The molecule has 1 N–H and O–H groups in total. The Kier molecular flexibility index (Phi) is 4.28. The van der Waals surface area contributed by atoms with Crippen molar-refractivity contribution in [2.24, 2.45) is 0 Å². The molecule has 1 heterocycles.